The van der Waals surface area contributed by atoms with Gasteiger partial charge < -0.3 is 15.4 Å². The molecule has 0 spiro atoms. The van der Waals surface area contributed by atoms with Crippen LogP contribution in [0.2, 0.25) is 5.15 Å². The summed E-state index contributed by atoms with van der Waals surface area (Å²) in [5.74, 6) is 0.794. The molecule has 0 aromatic carbocycles. The highest BCUT2D eigenvalue weighted by Crippen LogP contribution is 2.14. The van der Waals surface area contributed by atoms with E-state index in [9.17, 15) is 0 Å². The summed E-state index contributed by atoms with van der Waals surface area (Å²) in [5.41, 5.74) is 4.44. The van der Waals surface area contributed by atoms with Crippen LogP contribution in [0.5, 0.6) is 0 Å². The summed E-state index contributed by atoms with van der Waals surface area (Å²) < 4.78 is 7.13. The minimum absolute atomic E-state index is 0. The van der Waals surface area contributed by atoms with Crippen LogP contribution in [-0.2, 0) is 24.2 Å². The molecule has 2 aromatic rings. The topological polar surface area (TPSA) is 76.4 Å². The van der Waals surface area contributed by atoms with Crippen LogP contribution in [0.25, 0.3) is 0 Å². The van der Waals surface area contributed by atoms with Crippen LogP contribution in [-0.4, -0.2) is 47.5 Å². The second-order valence-electron chi connectivity index (χ2n) is 6.23. The molecule has 0 aliphatic carbocycles. The molecule has 0 atom stereocenters. The zero-order valence-electron chi connectivity index (χ0n) is 17.0. The van der Waals surface area contributed by atoms with E-state index in [1.807, 2.05) is 23.7 Å². The van der Waals surface area contributed by atoms with Crippen molar-refractivity contribution in [3.05, 3.63) is 46.0 Å². The molecule has 2 aromatic heterocycles. The third-order valence-corrected chi connectivity index (χ3v) is 4.50. The monoisotopic (exact) mass is 520 g/mol. The van der Waals surface area contributed by atoms with Crippen LogP contribution in [0, 0.1) is 13.8 Å². The van der Waals surface area contributed by atoms with Gasteiger partial charge in [-0.05, 0) is 38.8 Å². The van der Waals surface area contributed by atoms with Gasteiger partial charge in [-0.2, -0.15) is 5.10 Å². The first-order chi connectivity index (χ1) is 13.0. The molecule has 0 saturated carbocycles. The predicted molar refractivity (Wildman–Crippen MR) is 125 cm³/mol. The van der Waals surface area contributed by atoms with Gasteiger partial charge in [-0.1, -0.05) is 17.7 Å². The van der Waals surface area contributed by atoms with E-state index in [0.717, 1.165) is 54.5 Å². The first-order valence-corrected chi connectivity index (χ1v) is 9.57. The van der Waals surface area contributed by atoms with Gasteiger partial charge in [0.05, 0.1) is 25.4 Å². The van der Waals surface area contributed by atoms with Crippen molar-refractivity contribution in [2.24, 2.45) is 4.99 Å². The lowest BCUT2D eigenvalue weighted by Crippen LogP contribution is -2.38. The third kappa shape index (κ3) is 7.56. The van der Waals surface area contributed by atoms with Crippen molar-refractivity contribution < 1.29 is 4.74 Å². The number of aliphatic imine (C=N–C) groups is 1. The second kappa shape index (κ2) is 12.9. The van der Waals surface area contributed by atoms with Gasteiger partial charge in [0, 0.05) is 37.7 Å². The lowest BCUT2D eigenvalue weighted by molar-refractivity contribution is 0.182. The summed E-state index contributed by atoms with van der Waals surface area (Å²) in [6.45, 7) is 9.71. The molecule has 0 aliphatic heterocycles. The Kier molecular flexibility index (Phi) is 11.4. The van der Waals surface area contributed by atoms with Crippen molar-refractivity contribution in [1.29, 1.82) is 0 Å². The fraction of sp³-hybridized carbons (Fsp3) is 0.526. The van der Waals surface area contributed by atoms with Gasteiger partial charge in [0.2, 0.25) is 0 Å². The van der Waals surface area contributed by atoms with Gasteiger partial charge in [0.25, 0.3) is 0 Å². The first-order valence-electron chi connectivity index (χ1n) is 9.19. The number of aryl methyl sites for hydroxylation is 1. The molecule has 2 rings (SSSR count). The summed E-state index contributed by atoms with van der Waals surface area (Å²) in [6.07, 6.45) is 2.65. The molecule has 9 heteroatoms. The van der Waals surface area contributed by atoms with Gasteiger partial charge in [0.15, 0.2) is 5.96 Å². The van der Waals surface area contributed by atoms with E-state index < -0.39 is 0 Å². The van der Waals surface area contributed by atoms with E-state index in [4.69, 9.17) is 21.3 Å². The lowest BCUT2D eigenvalue weighted by Gasteiger charge is -2.11. The number of nitrogens with zero attached hydrogens (tertiary/aromatic N) is 4. The smallest absolute Gasteiger partial charge is 0.191 e. The normalized spacial score (nSPS) is 11.2. The van der Waals surface area contributed by atoms with Crippen LogP contribution >= 0.6 is 35.6 Å². The molecule has 2 heterocycles. The zero-order chi connectivity index (χ0) is 19.6. The number of methoxy groups -OCH3 is 1. The summed E-state index contributed by atoms with van der Waals surface area (Å²) in [4.78, 5) is 8.82. The van der Waals surface area contributed by atoms with Crippen molar-refractivity contribution in [3.63, 3.8) is 0 Å². The highest BCUT2D eigenvalue weighted by molar-refractivity contribution is 14.0. The number of halogens is 2. The standard InChI is InChI=1S/C19H29ClN6O.HI/c1-5-21-19(22-9-8-16-6-7-18(20)23-12-16)24-13-17-14(2)25-26(15(17)3)10-11-27-4;/h6-7,12H,5,8-11,13H2,1-4H3,(H2,21,22,24);1H. The van der Waals surface area contributed by atoms with Gasteiger partial charge >= 0.3 is 0 Å². The molecule has 0 radical (unpaired) electrons. The summed E-state index contributed by atoms with van der Waals surface area (Å²) in [7, 11) is 1.70. The molecular formula is C19H30ClIN6O. The van der Waals surface area contributed by atoms with Crippen LogP contribution in [0.3, 0.4) is 0 Å². The van der Waals surface area contributed by atoms with Crippen LogP contribution in [0.4, 0.5) is 0 Å². The van der Waals surface area contributed by atoms with Crippen molar-refractivity contribution in [2.75, 3.05) is 26.8 Å². The summed E-state index contributed by atoms with van der Waals surface area (Å²) >= 11 is 5.82. The number of guanidine groups is 1. The third-order valence-electron chi connectivity index (χ3n) is 4.27. The second-order valence-corrected chi connectivity index (χ2v) is 6.61. The van der Waals surface area contributed by atoms with E-state index >= 15 is 0 Å². The first kappa shape index (κ1) is 24.6. The van der Waals surface area contributed by atoms with Crippen molar-refractivity contribution in [3.8, 4) is 0 Å². The highest BCUT2D eigenvalue weighted by atomic mass is 127. The summed E-state index contributed by atoms with van der Waals surface area (Å²) in [5, 5.41) is 11.7. The molecule has 2 N–H and O–H groups in total. The average molecular weight is 521 g/mol. The Bertz CT molecular complexity index is 748. The van der Waals surface area contributed by atoms with Gasteiger partial charge in [-0.15, -0.1) is 24.0 Å². The maximum atomic E-state index is 5.82. The van der Waals surface area contributed by atoms with Crippen LogP contribution in [0.15, 0.2) is 23.3 Å². The minimum Gasteiger partial charge on any atom is -0.383 e. The maximum absolute atomic E-state index is 5.82. The molecular weight excluding hydrogens is 491 g/mol. The SMILES string of the molecule is CCNC(=NCc1c(C)nn(CCOC)c1C)NCCc1ccc(Cl)nc1.I. The Labute approximate surface area is 189 Å². The number of rotatable bonds is 9. The lowest BCUT2D eigenvalue weighted by atomic mass is 10.2. The van der Waals surface area contributed by atoms with Crippen LogP contribution in [0.1, 0.15) is 29.4 Å². The van der Waals surface area contributed by atoms with E-state index in [2.05, 4.69) is 34.6 Å². The molecule has 0 fully saturated rings. The number of hydrogen-bond donors (Lipinski definition) is 2. The van der Waals surface area contributed by atoms with E-state index in [1.165, 1.54) is 0 Å². The van der Waals surface area contributed by atoms with Crippen molar-refractivity contribution >= 4 is 41.5 Å². The fourth-order valence-corrected chi connectivity index (χ4v) is 2.85. The van der Waals surface area contributed by atoms with E-state index in [0.29, 0.717) is 18.3 Å². The Morgan fingerprint density at radius 2 is 2.07 bits per heavy atom. The number of nitrogens with one attached hydrogen (secondary N) is 2. The largest absolute Gasteiger partial charge is 0.383 e. The molecule has 0 amide bonds. The van der Waals surface area contributed by atoms with Crippen molar-refractivity contribution in [2.45, 2.75) is 40.3 Å². The van der Waals surface area contributed by atoms with E-state index in [-0.39, 0.29) is 24.0 Å². The quantitative estimate of drug-likeness (QED) is 0.230. The molecule has 0 saturated heterocycles. The number of pyridine rings is 1. The minimum atomic E-state index is 0. The van der Waals surface area contributed by atoms with Crippen molar-refractivity contribution in [1.82, 2.24) is 25.4 Å². The zero-order valence-corrected chi connectivity index (χ0v) is 20.0. The molecule has 0 bridgehead atoms. The van der Waals surface area contributed by atoms with Crippen LogP contribution < -0.4 is 10.6 Å². The fourth-order valence-electron chi connectivity index (χ4n) is 2.74. The van der Waals surface area contributed by atoms with Gasteiger partial charge in [-0.25, -0.2) is 9.98 Å². The highest BCUT2D eigenvalue weighted by Gasteiger charge is 2.11. The number of ether oxygens (including phenoxy) is 1. The molecule has 156 valence electrons. The Morgan fingerprint density at radius 3 is 2.71 bits per heavy atom. The maximum Gasteiger partial charge on any atom is 0.191 e. The number of hydrogen-bond acceptors (Lipinski definition) is 4. The molecule has 7 nitrogen and oxygen atoms in total. The molecule has 0 unspecified atom stereocenters. The summed E-state index contributed by atoms with van der Waals surface area (Å²) in [6, 6.07) is 3.80. The van der Waals surface area contributed by atoms with Gasteiger partial charge in [0.1, 0.15) is 5.15 Å². The average Bonchev–Trinajstić information content (AvgIpc) is 2.93. The van der Waals surface area contributed by atoms with E-state index in [1.54, 1.807) is 13.3 Å². The Morgan fingerprint density at radius 1 is 1.29 bits per heavy atom. The molecule has 28 heavy (non-hydrogen) atoms. The molecule has 0 aliphatic rings. The Balaban J connectivity index is 0.00000392. The number of aromatic nitrogens is 3. The van der Waals surface area contributed by atoms with Gasteiger partial charge in [-0.3, -0.25) is 4.68 Å². The Hall–Kier alpha value is -1.39. The predicted octanol–water partition coefficient (Wildman–Crippen LogP) is 3.11.